The zero-order valence-corrected chi connectivity index (χ0v) is 41.1. The number of carbonyl (C=O) groups excluding carboxylic acids is 2. The van der Waals surface area contributed by atoms with Gasteiger partial charge in [-0.25, -0.2) is 0 Å². The largest absolute Gasteiger partial charge is 0.466 e. The van der Waals surface area contributed by atoms with E-state index >= 15 is 0 Å². The van der Waals surface area contributed by atoms with E-state index in [1.165, 1.54) is 161 Å². The molecule has 2 unspecified atom stereocenters. The number of hydrogen-bond donors (Lipinski definition) is 3. The number of rotatable bonds is 49. The van der Waals surface area contributed by atoms with Crippen molar-refractivity contribution in [2.24, 2.45) is 0 Å². The van der Waals surface area contributed by atoms with Gasteiger partial charge < -0.3 is 20.3 Å². The first-order valence-corrected chi connectivity index (χ1v) is 26.9. The molecule has 0 aliphatic carbocycles. The van der Waals surface area contributed by atoms with Gasteiger partial charge in [0.1, 0.15) is 0 Å². The Balaban J connectivity index is 3.55. The molecular formula is C56H103NO5. The summed E-state index contributed by atoms with van der Waals surface area (Å²) in [5.74, 6) is -0.112. The molecular weight excluding hydrogens is 767 g/mol. The van der Waals surface area contributed by atoms with Crippen molar-refractivity contribution in [3.05, 3.63) is 48.6 Å². The van der Waals surface area contributed by atoms with E-state index in [4.69, 9.17) is 4.74 Å². The normalized spacial score (nSPS) is 13.0. The molecule has 6 nitrogen and oxygen atoms in total. The summed E-state index contributed by atoms with van der Waals surface area (Å²) in [4.78, 5) is 24.4. The Kier molecular flexibility index (Phi) is 49.6. The number of esters is 1. The minimum atomic E-state index is -0.856. The third-order valence-electron chi connectivity index (χ3n) is 12.1. The van der Waals surface area contributed by atoms with Crippen molar-refractivity contribution < 1.29 is 24.5 Å². The van der Waals surface area contributed by atoms with Crippen molar-refractivity contribution >= 4 is 11.9 Å². The molecule has 0 saturated heterocycles. The van der Waals surface area contributed by atoms with Crippen LogP contribution < -0.4 is 5.32 Å². The van der Waals surface area contributed by atoms with Crippen molar-refractivity contribution in [3.8, 4) is 0 Å². The van der Waals surface area contributed by atoms with Crippen molar-refractivity contribution in [3.63, 3.8) is 0 Å². The van der Waals surface area contributed by atoms with Gasteiger partial charge in [0.05, 0.1) is 25.4 Å². The lowest BCUT2D eigenvalue weighted by molar-refractivity contribution is -0.143. The topological polar surface area (TPSA) is 95.9 Å². The van der Waals surface area contributed by atoms with Gasteiger partial charge in [-0.1, -0.05) is 210 Å². The first-order chi connectivity index (χ1) is 30.5. The van der Waals surface area contributed by atoms with Gasteiger partial charge >= 0.3 is 5.97 Å². The zero-order valence-electron chi connectivity index (χ0n) is 41.1. The molecule has 3 N–H and O–H groups in total. The fourth-order valence-electron chi connectivity index (χ4n) is 7.89. The van der Waals surface area contributed by atoms with Crippen LogP contribution in [0.3, 0.4) is 0 Å². The number of aliphatic hydroxyl groups excluding tert-OH is 2. The van der Waals surface area contributed by atoms with Gasteiger partial charge in [0, 0.05) is 12.8 Å². The highest BCUT2D eigenvalue weighted by Gasteiger charge is 2.18. The summed E-state index contributed by atoms with van der Waals surface area (Å²) in [6.45, 7) is 4.82. The summed E-state index contributed by atoms with van der Waals surface area (Å²) in [5, 5.41) is 23.1. The van der Waals surface area contributed by atoms with Gasteiger partial charge in [-0.3, -0.25) is 9.59 Å². The molecule has 0 heterocycles. The average Bonchev–Trinajstić information content (AvgIpc) is 3.27. The molecule has 0 saturated carbocycles. The maximum atomic E-state index is 12.4. The van der Waals surface area contributed by atoms with Crippen LogP contribution in [0.25, 0.3) is 0 Å². The summed E-state index contributed by atoms with van der Waals surface area (Å²) < 4.78 is 5.43. The molecule has 0 aromatic carbocycles. The van der Waals surface area contributed by atoms with E-state index in [9.17, 15) is 19.8 Å². The predicted molar refractivity (Wildman–Crippen MR) is 269 cm³/mol. The molecule has 0 aromatic heterocycles. The van der Waals surface area contributed by atoms with Crippen LogP contribution in [0.15, 0.2) is 48.6 Å². The second kappa shape index (κ2) is 51.5. The molecule has 2 atom stereocenters. The first kappa shape index (κ1) is 59.8. The molecule has 1 amide bonds. The highest BCUT2D eigenvalue weighted by atomic mass is 16.5. The number of allylic oxidation sites excluding steroid dienone is 7. The number of aliphatic hydroxyl groups is 2. The van der Waals surface area contributed by atoms with Crippen LogP contribution in [0.4, 0.5) is 0 Å². The molecule has 6 heteroatoms. The predicted octanol–water partition coefficient (Wildman–Crippen LogP) is 16.2. The highest BCUT2D eigenvalue weighted by molar-refractivity contribution is 5.76. The molecule has 0 bridgehead atoms. The van der Waals surface area contributed by atoms with Crippen LogP contribution in [0.1, 0.15) is 271 Å². The minimum absolute atomic E-state index is 0.0273. The van der Waals surface area contributed by atoms with Crippen molar-refractivity contribution in [2.45, 2.75) is 283 Å². The quantitative estimate of drug-likeness (QED) is 0.0322. The molecule has 0 radical (unpaired) electrons. The van der Waals surface area contributed by atoms with Crippen LogP contribution in [-0.2, 0) is 14.3 Å². The second-order valence-corrected chi connectivity index (χ2v) is 18.2. The monoisotopic (exact) mass is 870 g/mol. The van der Waals surface area contributed by atoms with E-state index < -0.39 is 12.1 Å². The van der Waals surface area contributed by atoms with E-state index in [0.29, 0.717) is 19.4 Å². The van der Waals surface area contributed by atoms with Crippen LogP contribution in [0, 0.1) is 0 Å². The van der Waals surface area contributed by atoms with E-state index in [2.05, 4.69) is 55.6 Å². The molecule has 0 spiro atoms. The van der Waals surface area contributed by atoms with Crippen LogP contribution in [0.2, 0.25) is 0 Å². The summed E-state index contributed by atoms with van der Waals surface area (Å²) >= 11 is 0. The summed E-state index contributed by atoms with van der Waals surface area (Å²) in [5.41, 5.74) is 0. The summed E-state index contributed by atoms with van der Waals surface area (Å²) in [6.07, 6.45) is 64.0. The average molecular weight is 870 g/mol. The first-order valence-electron chi connectivity index (χ1n) is 26.9. The van der Waals surface area contributed by atoms with E-state index in [-0.39, 0.29) is 18.5 Å². The van der Waals surface area contributed by atoms with Gasteiger partial charge in [-0.2, -0.15) is 0 Å². The highest BCUT2D eigenvalue weighted by Crippen LogP contribution is 2.15. The van der Waals surface area contributed by atoms with Crippen molar-refractivity contribution in [1.29, 1.82) is 0 Å². The number of hydrogen-bond acceptors (Lipinski definition) is 5. The Morgan fingerprint density at radius 1 is 0.452 bits per heavy atom. The molecule has 362 valence electrons. The van der Waals surface area contributed by atoms with Gasteiger partial charge in [0.2, 0.25) is 5.91 Å². The molecule has 62 heavy (non-hydrogen) atoms. The Morgan fingerprint density at radius 3 is 1.27 bits per heavy atom. The SMILES string of the molecule is CCCCC/C=C\CCCCCCCC(=O)OCCCCC/C=C\C/C=C\CCCCCCCCCC(=O)NC(CO)C(O)/C=C/CCCCCCCCCCCCCCCC. The van der Waals surface area contributed by atoms with Crippen LogP contribution in [-0.4, -0.2) is 47.4 Å². The fraction of sp³-hybridized carbons (Fsp3) is 0.821. The van der Waals surface area contributed by atoms with Crippen LogP contribution in [0.5, 0.6) is 0 Å². The Morgan fingerprint density at radius 2 is 0.806 bits per heavy atom. The number of carbonyl (C=O) groups is 2. The lowest BCUT2D eigenvalue weighted by Gasteiger charge is -2.20. The lowest BCUT2D eigenvalue weighted by atomic mass is 10.0. The third-order valence-corrected chi connectivity index (χ3v) is 12.1. The lowest BCUT2D eigenvalue weighted by Crippen LogP contribution is -2.45. The van der Waals surface area contributed by atoms with Gasteiger partial charge in [0.25, 0.3) is 0 Å². The molecule has 0 aliphatic rings. The number of nitrogens with one attached hydrogen (secondary N) is 1. The van der Waals surface area contributed by atoms with Gasteiger partial charge in [-0.05, 0) is 96.3 Å². The molecule has 0 aromatic rings. The van der Waals surface area contributed by atoms with Crippen molar-refractivity contribution in [1.82, 2.24) is 5.32 Å². The Hall–Kier alpha value is -2.18. The van der Waals surface area contributed by atoms with Gasteiger partial charge in [0.15, 0.2) is 0 Å². The standard InChI is InChI=1S/C56H103NO5/c1-3-5-7-9-11-13-15-17-18-22-25-28-32-36-40-44-48-54(59)53(52-58)57-55(60)49-45-41-37-33-29-26-23-20-19-21-24-27-31-35-39-43-47-51-62-56(61)50-46-42-38-34-30-16-14-12-10-8-6-4-2/h12,14,19,21,27,31,44,48,53-54,58-59H,3-11,13,15-18,20,22-26,28-30,32-43,45-47,49-52H2,1-2H3,(H,57,60)/b14-12-,21-19-,31-27-,48-44+. The Bertz CT molecular complexity index is 1050. The third kappa shape index (κ3) is 47.3. The summed E-state index contributed by atoms with van der Waals surface area (Å²) in [7, 11) is 0. The minimum Gasteiger partial charge on any atom is -0.466 e. The maximum absolute atomic E-state index is 12.4. The van der Waals surface area contributed by atoms with Crippen LogP contribution >= 0.6 is 0 Å². The zero-order chi connectivity index (χ0) is 45.1. The number of unbranched alkanes of at least 4 members (excludes halogenated alkanes) is 32. The Labute approximate surface area is 385 Å². The smallest absolute Gasteiger partial charge is 0.305 e. The fourth-order valence-corrected chi connectivity index (χ4v) is 7.89. The van der Waals surface area contributed by atoms with Gasteiger partial charge in [-0.15, -0.1) is 0 Å². The molecule has 0 rings (SSSR count). The van der Waals surface area contributed by atoms with E-state index in [1.54, 1.807) is 6.08 Å². The number of amides is 1. The van der Waals surface area contributed by atoms with E-state index in [0.717, 1.165) is 83.5 Å². The maximum Gasteiger partial charge on any atom is 0.305 e. The van der Waals surface area contributed by atoms with E-state index in [1.807, 2.05) is 6.08 Å². The van der Waals surface area contributed by atoms with Crippen molar-refractivity contribution in [2.75, 3.05) is 13.2 Å². The second-order valence-electron chi connectivity index (χ2n) is 18.2. The molecule has 0 fully saturated rings. The molecule has 0 aliphatic heterocycles. The number of ether oxygens (including phenoxy) is 1. The summed E-state index contributed by atoms with van der Waals surface area (Å²) in [6, 6.07) is -0.641.